The van der Waals surface area contributed by atoms with Crippen molar-refractivity contribution >= 4 is 21.6 Å². The van der Waals surface area contributed by atoms with E-state index in [0.29, 0.717) is 44.0 Å². The van der Waals surface area contributed by atoms with Gasteiger partial charge in [0.25, 0.3) is 0 Å². The highest BCUT2D eigenvalue weighted by atomic mass is 32.2. The lowest BCUT2D eigenvalue weighted by Crippen LogP contribution is -2.45. The molecule has 6 nitrogen and oxygen atoms in total. The van der Waals surface area contributed by atoms with Crippen LogP contribution in [0.4, 0.5) is 36.4 Å². The third-order valence-corrected chi connectivity index (χ3v) is 7.67. The standard InChI is InChI=1S/C26H28F7N3O3S/c1-40(38,39)35-22-5-4-17(10-21(22)27)13-36(23(37)24(6-7-34-15-24)12-16-2-3-16)14-18-8-19(25(28,29)30)11-20(9-18)26(31,32)33/h4-5,8-11,16,34-35H,2-3,6-7,12-15H2,1H3. The van der Waals surface area contributed by atoms with Crippen LogP contribution < -0.4 is 10.0 Å². The molecular formula is C26H28F7N3O3S. The number of hydrogen-bond acceptors (Lipinski definition) is 4. The van der Waals surface area contributed by atoms with E-state index in [1.54, 1.807) is 0 Å². The number of sulfonamides is 1. The molecule has 1 atom stereocenters. The van der Waals surface area contributed by atoms with Crippen LogP contribution in [0.15, 0.2) is 36.4 Å². The molecule has 0 radical (unpaired) electrons. The second-order valence-electron chi connectivity index (χ2n) is 10.6. The number of nitrogens with one attached hydrogen (secondary N) is 2. The molecular weight excluding hydrogens is 567 g/mol. The second-order valence-corrected chi connectivity index (χ2v) is 12.4. The number of nitrogens with zero attached hydrogens (tertiary/aromatic N) is 1. The van der Waals surface area contributed by atoms with Gasteiger partial charge in [0.05, 0.1) is 28.5 Å². The number of alkyl halides is 6. The molecule has 0 spiro atoms. The first-order valence-electron chi connectivity index (χ1n) is 12.5. The maximum Gasteiger partial charge on any atom is 0.416 e. The lowest BCUT2D eigenvalue weighted by atomic mass is 9.80. The fourth-order valence-corrected chi connectivity index (χ4v) is 5.65. The zero-order valence-corrected chi connectivity index (χ0v) is 22.2. The predicted octanol–water partition coefficient (Wildman–Crippen LogP) is 5.54. The Bertz CT molecular complexity index is 1330. The SMILES string of the molecule is CS(=O)(=O)Nc1ccc(CN(Cc2cc(C(F)(F)F)cc(C(F)(F)F)c2)C(=O)C2(CC3CC3)CCNC2)cc1F. The van der Waals surface area contributed by atoms with Gasteiger partial charge in [0.2, 0.25) is 15.9 Å². The molecule has 0 bridgehead atoms. The van der Waals surface area contributed by atoms with Gasteiger partial charge in [0, 0.05) is 19.6 Å². The van der Waals surface area contributed by atoms with Crippen molar-refractivity contribution in [3.63, 3.8) is 0 Å². The summed E-state index contributed by atoms with van der Waals surface area (Å²) in [7, 11) is -3.79. The van der Waals surface area contributed by atoms with Crippen molar-refractivity contribution in [1.29, 1.82) is 0 Å². The smallest absolute Gasteiger partial charge is 0.334 e. The Kier molecular flexibility index (Phi) is 8.16. The highest BCUT2D eigenvalue weighted by molar-refractivity contribution is 7.92. The van der Waals surface area contributed by atoms with Crippen LogP contribution in [0.5, 0.6) is 0 Å². The maximum absolute atomic E-state index is 14.7. The first-order valence-corrected chi connectivity index (χ1v) is 14.4. The van der Waals surface area contributed by atoms with E-state index in [1.807, 2.05) is 4.72 Å². The molecule has 1 heterocycles. The number of amides is 1. The zero-order chi connectivity index (χ0) is 29.5. The topological polar surface area (TPSA) is 78.5 Å². The zero-order valence-electron chi connectivity index (χ0n) is 21.4. The Morgan fingerprint density at radius 1 is 1.00 bits per heavy atom. The molecule has 40 heavy (non-hydrogen) atoms. The molecule has 4 rings (SSSR count). The lowest BCUT2D eigenvalue weighted by Gasteiger charge is -2.35. The van der Waals surface area contributed by atoms with E-state index in [4.69, 9.17) is 0 Å². The van der Waals surface area contributed by atoms with E-state index in [0.717, 1.165) is 36.1 Å². The van der Waals surface area contributed by atoms with Gasteiger partial charge >= 0.3 is 12.4 Å². The van der Waals surface area contributed by atoms with Crippen LogP contribution in [0.1, 0.15) is 47.9 Å². The van der Waals surface area contributed by atoms with Crippen molar-refractivity contribution in [3.8, 4) is 0 Å². The number of anilines is 1. The molecule has 1 aliphatic carbocycles. The summed E-state index contributed by atoms with van der Waals surface area (Å²) in [6.45, 7) is -0.0719. The largest absolute Gasteiger partial charge is 0.416 e. The molecule has 14 heteroatoms. The molecule has 1 saturated carbocycles. The summed E-state index contributed by atoms with van der Waals surface area (Å²) in [5.74, 6) is -1.10. The van der Waals surface area contributed by atoms with E-state index in [9.17, 15) is 43.9 Å². The highest BCUT2D eigenvalue weighted by Crippen LogP contribution is 2.45. The van der Waals surface area contributed by atoms with Gasteiger partial charge in [-0.15, -0.1) is 0 Å². The Morgan fingerprint density at radius 3 is 2.08 bits per heavy atom. The van der Waals surface area contributed by atoms with Gasteiger partial charge in [-0.25, -0.2) is 12.8 Å². The van der Waals surface area contributed by atoms with E-state index >= 15 is 0 Å². The normalized spacial score (nSPS) is 20.0. The molecule has 2 fully saturated rings. The summed E-state index contributed by atoms with van der Waals surface area (Å²) in [6.07, 6.45) is -6.45. The Balaban J connectivity index is 1.72. The van der Waals surface area contributed by atoms with Crippen LogP contribution >= 0.6 is 0 Å². The number of carbonyl (C=O) groups excluding carboxylic acids is 1. The van der Waals surface area contributed by atoms with Crippen molar-refractivity contribution in [3.05, 3.63) is 64.5 Å². The van der Waals surface area contributed by atoms with Crippen molar-refractivity contribution in [2.45, 2.75) is 51.1 Å². The number of halogens is 7. The van der Waals surface area contributed by atoms with Gasteiger partial charge < -0.3 is 10.2 Å². The Hall–Kier alpha value is -2.87. The Morgan fingerprint density at radius 2 is 1.60 bits per heavy atom. The summed E-state index contributed by atoms with van der Waals surface area (Å²) in [4.78, 5) is 15.2. The fraction of sp³-hybridized carbons (Fsp3) is 0.500. The average molecular weight is 596 g/mol. The highest BCUT2D eigenvalue weighted by Gasteiger charge is 2.47. The summed E-state index contributed by atoms with van der Waals surface area (Å²) in [5.41, 5.74) is -4.43. The van der Waals surface area contributed by atoms with Gasteiger partial charge in [-0.2, -0.15) is 26.3 Å². The number of carbonyl (C=O) groups is 1. The van der Waals surface area contributed by atoms with Crippen molar-refractivity contribution in [2.24, 2.45) is 11.3 Å². The minimum absolute atomic E-state index is 0.0218. The molecule has 2 aromatic carbocycles. The van der Waals surface area contributed by atoms with Crippen LogP contribution in [0, 0.1) is 17.2 Å². The third-order valence-electron chi connectivity index (χ3n) is 7.08. The van der Waals surface area contributed by atoms with Crippen molar-refractivity contribution in [1.82, 2.24) is 10.2 Å². The van der Waals surface area contributed by atoms with E-state index in [1.165, 1.54) is 6.07 Å². The van der Waals surface area contributed by atoms with Gasteiger partial charge in [0.1, 0.15) is 5.82 Å². The molecule has 1 unspecified atom stereocenters. The summed E-state index contributed by atoms with van der Waals surface area (Å²) in [6, 6.07) is 4.63. The van der Waals surface area contributed by atoms with Gasteiger partial charge in [-0.3, -0.25) is 9.52 Å². The molecule has 220 valence electrons. The van der Waals surface area contributed by atoms with Crippen LogP contribution in [0.25, 0.3) is 0 Å². The molecule has 2 aliphatic rings. The number of rotatable bonds is 9. The van der Waals surface area contributed by atoms with E-state index < -0.39 is 57.2 Å². The molecule has 0 aromatic heterocycles. The van der Waals surface area contributed by atoms with Gasteiger partial charge in [0.15, 0.2) is 0 Å². The van der Waals surface area contributed by atoms with Crippen molar-refractivity contribution < 1.29 is 43.9 Å². The molecule has 1 aliphatic heterocycles. The van der Waals surface area contributed by atoms with Crippen molar-refractivity contribution in [2.75, 3.05) is 24.1 Å². The van der Waals surface area contributed by atoms with Gasteiger partial charge in [-0.05, 0) is 66.8 Å². The fourth-order valence-electron chi connectivity index (χ4n) is 5.09. The van der Waals surface area contributed by atoms with Crippen LogP contribution in [-0.4, -0.2) is 38.6 Å². The average Bonchev–Trinajstić information content (AvgIpc) is 3.51. The summed E-state index contributed by atoms with van der Waals surface area (Å²) < 4.78 is 121. The van der Waals surface area contributed by atoms with E-state index in [-0.39, 0.29) is 29.4 Å². The minimum atomic E-state index is -5.06. The van der Waals surface area contributed by atoms with Gasteiger partial charge in [-0.1, -0.05) is 18.9 Å². The van der Waals surface area contributed by atoms with Crippen LogP contribution in [0.2, 0.25) is 0 Å². The monoisotopic (exact) mass is 595 g/mol. The van der Waals surface area contributed by atoms with Crippen LogP contribution in [0.3, 0.4) is 0 Å². The Labute approximate surface area is 227 Å². The summed E-state index contributed by atoms with van der Waals surface area (Å²) in [5, 5.41) is 3.14. The minimum Gasteiger partial charge on any atom is -0.334 e. The molecule has 2 N–H and O–H groups in total. The lowest BCUT2D eigenvalue weighted by molar-refractivity contribution is -0.143. The third kappa shape index (κ3) is 7.45. The number of benzene rings is 2. The first-order chi connectivity index (χ1) is 18.5. The van der Waals surface area contributed by atoms with Crippen LogP contribution in [-0.2, 0) is 40.3 Å². The molecule has 2 aromatic rings. The second kappa shape index (κ2) is 10.8. The van der Waals surface area contributed by atoms with E-state index in [2.05, 4.69) is 5.32 Å². The number of hydrogen-bond donors (Lipinski definition) is 2. The first kappa shape index (κ1) is 30.1. The molecule has 1 saturated heterocycles. The molecule has 1 amide bonds. The quantitative estimate of drug-likeness (QED) is 0.373. The maximum atomic E-state index is 14.7. The predicted molar refractivity (Wildman–Crippen MR) is 133 cm³/mol. The summed E-state index contributed by atoms with van der Waals surface area (Å²) >= 11 is 0.